The maximum Gasteiger partial charge on any atom is 0.422 e. The molecule has 1 saturated carbocycles. The second kappa shape index (κ2) is 10.3. The lowest BCUT2D eigenvalue weighted by Crippen LogP contribution is -2.25. The molecule has 1 aliphatic rings. The van der Waals surface area contributed by atoms with Crippen molar-refractivity contribution in [1.82, 2.24) is 0 Å². The first kappa shape index (κ1) is 23.4. The average molecular weight is 440 g/mol. The van der Waals surface area contributed by atoms with E-state index in [1.165, 1.54) is 49.9 Å². The SMILES string of the molecule is CCCCCC1CCC(C(=O)Oc2ccc3c(F)c(OCC(F)(F)F)ccc3c2)CC1. The number of hydrogen-bond donors (Lipinski definition) is 0. The number of halogens is 4. The van der Waals surface area contributed by atoms with Gasteiger partial charge in [-0.15, -0.1) is 0 Å². The molecular weight excluding hydrogens is 412 g/mol. The minimum atomic E-state index is -4.55. The molecule has 0 radical (unpaired) electrons. The summed E-state index contributed by atoms with van der Waals surface area (Å²) >= 11 is 0. The van der Waals surface area contributed by atoms with Gasteiger partial charge in [0.2, 0.25) is 0 Å². The number of benzene rings is 2. The van der Waals surface area contributed by atoms with Crippen LogP contribution in [0.2, 0.25) is 0 Å². The number of alkyl halides is 3. The molecule has 0 atom stereocenters. The van der Waals surface area contributed by atoms with Gasteiger partial charge in [0.15, 0.2) is 18.2 Å². The quantitative estimate of drug-likeness (QED) is 0.188. The summed E-state index contributed by atoms with van der Waals surface area (Å²) in [5, 5.41) is 0.522. The van der Waals surface area contributed by atoms with Gasteiger partial charge in [0.25, 0.3) is 0 Å². The summed E-state index contributed by atoms with van der Waals surface area (Å²) in [7, 11) is 0. The molecule has 0 heterocycles. The van der Waals surface area contributed by atoms with Crippen LogP contribution < -0.4 is 9.47 Å². The molecule has 7 heteroatoms. The van der Waals surface area contributed by atoms with E-state index in [4.69, 9.17) is 4.74 Å². The molecule has 0 unspecified atom stereocenters. The first-order valence-electron chi connectivity index (χ1n) is 10.9. The average Bonchev–Trinajstić information content (AvgIpc) is 2.73. The van der Waals surface area contributed by atoms with Gasteiger partial charge in [-0.05, 0) is 61.3 Å². The molecule has 0 spiro atoms. The maximum atomic E-state index is 14.5. The highest BCUT2D eigenvalue weighted by Crippen LogP contribution is 2.34. The third kappa shape index (κ3) is 6.58. The van der Waals surface area contributed by atoms with Crippen LogP contribution in [0.1, 0.15) is 58.3 Å². The molecule has 0 aromatic heterocycles. The topological polar surface area (TPSA) is 35.5 Å². The lowest BCUT2D eigenvalue weighted by molar-refractivity contribution is -0.153. The Morgan fingerprint density at radius 1 is 1.06 bits per heavy atom. The third-order valence-electron chi connectivity index (χ3n) is 5.90. The number of ether oxygens (including phenoxy) is 2. The van der Waals surface area contributed by atoms with Crippen molar-refractivity contribution in [3.05, 3.63) is 36.1 Å². The molecule has 2 aromatic rings. The third-order valence-corrected chi connectivity index (χ3v) is 5.90. The van der Waals surface area contributed by atoms with Gasteiger partial charge in [-0.2, -0.15) is 13.2 Å². The van der Waals surface area contributed by atoms with Crippen LogP contribution in [-0.4, -0.2) is 18.8 Å². The van der Waals surface area contributed by atoms with Crippen molar-refractivity contribution in [2.45, 2.75) is 64.5 Å². The Hall–Kier alpha value is -2.31. The van der Waals surface area contributed by atoms with E-state index in [1.807, 2.05) is 0 Å². The number of esters is 1. The lowest BCUT2D eigenvalue weighted by atomic mass is 9.80. The van der Waals surface area contributed by atoms with Crippen molar-refractivity contribution in [1.29, 1.82) is 0 Å². The van der Waals surface area contributed by atoms with Gasteiger partial charge in [-0.1, -0.05) is 38.7 Å². The van der Waals surface area contributed by atoms with E-state index in [-0.39, 0.29) is 17.3 Å². The predicted molar refractivity (Wildman–Crippen MR) is 111 cm³/mol. The molecular formula is C24H28F4O3. The summed E-state index contributed by atoms with van der Waals surface area (Å²) < 4.78 is 61.5. The first-order valence-corrected chi connectivity index (χ1v) is 10.9. The van der Waals surface area contributed by atoms with Crippen LogP contribution in [-0.2, 0) is 4.79 Å². The zero-order valence-corrected chi connectivity index (χ0v) is 17.6. The van der Waals surface area contributed by atoms with Crippen LogP contribution in [0.5, 0.6) is 11.5 Å². The highest BCUT2D eigenvalue weighted by molar-refractivity contribution is 5.87. The molecule has 170 valence electrons. The smallest absolute Gasteiger partial charge is 0.422 e. The van der Waals surface area contributed by atoms with Gasteiger partial charge in [0, 0.05) is 5.39 Å². The summed E-state index contributed by atoms with van der Waals surface area (Å²) in [4.78, 5) is 12.5. The highest BCUT2D eigenvalue weighted by Gasteiger charge is 2.29. The van der Waals surface area contributed by atoms with Crippen molar-refractivity contribution in [3.8, 4) is 11.5 Å². The van der Waals surface area contributed by atoms with Crippen LogP contribution in [0.3, 0.4) is 0 Å². The molecule has 1 fully saturated rings. The standard InChI is InChI=1S/C24H28F4O3/c1-2-3-4-5-16-6-8-17(9-7-16)23(29)31-19-11-12-20-18(14-19)10-13-21(22(20)25)30-15-24(26,27)28/h10-14,16-17H,2-9,15H2,1H3. The summed E-state index contributed by atoms with van der Waals surface area (Å²) in [6.45, 7) is 0.626. The molecule has 0 bridgehead atoms. The number of unbranched alkanes of at least 4 members (excludes halogenated alkanes) is 2. The Labute approximate surface area is 179 Å². The molecule has 0 amide bonds. The largest absolute Gasteiger partial charge is 0.481 e. The van der Waals surface area contributed by atoms with E-state index in [1.54, 1.807) is 0 Å². The Balaban J connectivity index is 1.59. The molecule has 2 aromatic carbocycles. The minimum Gasteiger partial charge on any atom is -0.481 e. The normalized spacial score (nSPS) is 19.4. The van der Waals surface area contributed by atoms with E-state index < -0.39 is 24.3 Å². The van der Waals surface area contributed by atoms with E-state index in [2.05, 4.69) is 11.7 Å². The first-order chi connectivity index (χ1) is 14.8. The molecule has 1 aliphatic carbocycles. The van der Waals surface area contributed by atoms with Crippen molar-refractivity contribution >= 4 is 16.7 Å². The Morgan fingerprint density at radius 3 is 2.48 bits per heavy atom. The highest BCUT2D eigenvalue weighted by atomic mass is 19.4. The molecule has 31 heavy (non-hydrogen) atoms. The summed E-state index contributed by atoms with van der Waals surface area (Å²) in [6, 6.07) is 6.95. The maximum absolute atomic E-state index is 14.5. The van der Waals surface area contributed by atoms with E-state index in [0.717, 1.165) is 31.7 Å². The van der Waals surface area contributed by atoms with E-state index >= 15 is 0 Å². The van der Waals surface area contributed by atoms with E-state index in [0.29, 0.717) is 17.1 Å². The molecule has 0 N–H and O–H groups in total. The van der Waals surface area contributed by atoms with Gasteiger partial charge >= 0.3 is 12.1 Å². The zero-order valence-electron chi connectivity index (χ0n) is 17.6. The number of hydrogen-bond acceptors (Lipinski definition) is 3. The van der Waals surface area contributed by atoms with Gasteiger partial charge in [-0.25, -0.2) is 4.39 Å². The Morgan fingerprint density at radius 2 is 1.81 bits per heavy atom. The van der Waals surface area contributed by atoms with Crippen molar-refractivity contribution in [2.24, 2.45) is 11.8 Å². The second-order valence-electron chi connectivity index (χ2n) is 8.30. The fourth-order valence-corrected chi connectivity index (χ4v) is 4.15. The number of carbonyl (C=O) groups is 1. The van der Waals surface area contributed by atoms with Crippen LogP contribution in [0.25, 0.3) is 10.8 Å². The fourth-order valence-electron chi connectivity index (χ4n) is 4.15. The van der Waals surface area contributed by atoms with Crippen LogP contribution in [0.15, 0.2) is 30.3 Å². The zero-order chi connectivity index (χ0) is 22.4. The number of fused-ring (bicyclic) bond motifs is 1. The van der Waals surface area contributed by atoms with Gasteiger partial charge < -0.3 is 9.47 Å². The Kier molecular flexibility index (Phi) is 7.79. The van der Waals surface area contributed by atoms with Crippen molar-refractivity contribution in [2.75, 3.05) is 6.61 Å². The van der Waals surface area contributed by atoms with Crippen LogP contribution in [0.4, 0.5) is 17.6 Å². The molecule has 0 saturated heterocycles. The van der Waals surface area contributed by atoms with Crippen molar-refractivity contribution in [3.63, 3.8) is 0 Å². The summed E-state index contributed by atoms with van der Waals surface area (Å²) in [5.74, 6) is -0.768. The van der Waals surface area contributed by atoms with Gasteiger partial charge in [0.05, 0.1) is 5.92 Å². The number of carbonyl (C=O) groups excluding carboxylic acids is 1. The Bertz CT molecular complexity index is 886. The van der Waals surface area contributed by atoms with Gasteiger partial charge in [-0.3, -0.25) is 4.79 Å². The summed E-state index contributed by atoms with van der Waals surface area (Å²) in [6.07, 6.45) is 4.08. The number of rotatable bonds is 8. The predicted octanol–water partition coefficient (Wildman–Crippen LogP) is 7.21. The molecule has 0 aliphatic heterocycles. The van der Waals surface area contributed by atoms with Crippen LogP contribution in [0, 0.1) is 17.7 Å². The van der Waals surface area contributed by atoms with E-state index in [9.17, 15) is 22.4 Å². The van der Waals surface area contributed by atoms with Gasteiger partial charge in [0.1, 0.15) is 5.75 Å². The van der Waals surface area contributed by atoms with Crippen molar-refractivity contribution < 1.29 is 31.8 Å². The monoisotopic (exact) mass is 440 g/mol. The molecule has 3 nitrogen and oxygen atoms in total. The van der Waals surface area contributed by atoms with Crippen LogP contribution >= 0.6 is 0 Å². The lowest BCUT2D eigenvalue weighted by Gasteiger charge is -2.27. The summed E-state index contributed by atoms with van der Waals surface area (Å²) in [5.41, 5.74) is 0. The second-order valence-corrected chi connectivity index (χ2v) is 8.30. The fraction of sp³-hybridized carbons (Fsp3) is 0.542. The molecule has 3 rings (SSSR count). The minimum absolute atomic E-state index is 0.104.